The second-order valence-electron chi connectivity index (χ2n) is 5.47. The maximum absolute atomic E-state index is 12.3. The van der Waals surface area contributed by atoms with Gasteiger partial charge in [-0.1, -0.05) is 24.9 Å². The fourth-order valence-electron chi connectivity index (χ4n) is 2.64. The van der Waals surface area contributed by atoms with E-state index in [9.17, 15) is 4.79 Å². The van der Waals surface area contributed by atoms with Crippen molar-refractivity contribution >= 4 is 28.9 Å². The zero-order valence-corrected chi connectivity index (χ0v) is 13.2. The number of nitrogens with one attached hydrogen (secondary N) is 1. The number of hydrogen-bond donors (Lipinski definition) is 1. The maximum atomic E-state index is 12.3. The molecule has 5 heteroatoms. The normalized spacial score (nSPS) is 13.4. The second-order valence-corrected chi connectivity index (χ2v) is 5.91. The van der Waals surface area contributed by atoms with Crippen molar-refractivity contribution < 1.29 is 4.79 Å². The lowest BCUT2D eigenvalue weighted by molar-refractivity contribution is 0.0776. The molecular formula is C17H18ClN3O. The minimum atomic E-state index is 0.138. The lowest BCUT2D eigenvalue weighted by atomic mass is 10.1. The van der Waals surface area contributed by atoms with E-state index in [1.165, 1.54) is 0 Å². The van der Waals surface area contributed by atoms with E-state index in [4.69, 9.17) is 11.6 Å². The van der Waals surface area contributed by atoms with E-state index < -0.39 is 0 Å². The number of anilines is 2. The zero-order chi connectivity index (χ0) is 15.5. The molecule has 3 rings (SSSR count). The van der Waals surface area contributed by atoms with Crippen LogP contribution in [-0.2, 0) is 6.54 Å². The average Bonchev–Trinajstić information content (AvgIpc) is 2.81. The minimum absolute atomic E-state index is 0.138. The van der Waals surface area contributed by atoms with Gasteiger partial charge in [-0.05, 0) is 36.2 Å². The molecule has 22 heavy (non-hydrogen) atoms. The van der Waals surface area contributed by atoms with E-state index in [1.54, 1.807) is 12.4 Å². The quantitative estimate of drug-likeness (QED) is 0.898. The molecule has 2 heterocycles. The van der Waals surface area contributed by atoms with Crippen LogP contribution in [0.4, 0.5) is 11.4 Å². The largest absolute Gasteiger partial charge is 0.354 e. The molecule has 0 radical (unpaired) electrons. The Morgan fingerprint density at radius 3 is 2.91 bits per heavy atom. The molecule has 1 N–H and O–H groups in total. The standard InChI is InChI=1S/C17H18ClN3O/c1-2-3-6-21-11-12-7-14(4-5-16(12)17(21)22)20-15-8-13(18)9-19-10-15/h4-5,7-10,20H,2-3,6,11H2,1H3. The molecule has 2 aromatic rings. The first-order chi connectivity index (χ1) is 10.7. The van der Waals surface area contributed by atoms with Crippen molar-refractivity contribution in [3.8, 4) is 0 Å². The monoisotopic (exact) mass is 315 g/mol. The van der Waals surface area contributed by atoms with Crippen molar-refractivity contribution in [3.63, 3.8) is 0 Å². The second kappa shape index (κ2) is 6.36. The zero-order valence-electron chi connectivity index (χ0n) is 12.5. The Morgan fingerprint density at radius 2 is 2.14 bits per heavy atom. The highest BCUT2D eigenvalue weighted by Gasteiger charge is 2.26. The first kappa shape index (κ1) is 14.9. The van der Waals surface area contributed by atoms with Crippen LogP contribution in [0.5, 0.6) is 0 Å². The van der Waals surface area contributed by atoms with Gasteiger partial charge in [0.25, 0.3) is 5.91 Å². The number of pyridine rings is 1. The fraction of sp³-hybridized carbons (Fsp3) is 0.294. The minimum Gasteiger partial charge on any atom is -0.354 e. The summed E-state index contributed by atoms with van der Waals surface area (Å²) in [7, 11) is 0. The number of unbranched alkanes of at least 4 members (excludes halogenated alkanes) is 1. The Kier molecular flexibility index (Phi) is 4.29. The maximum Gasteiger partial charge on any atom is 0.254 e. The van der Waals surface area contributed by atoms with Gasteiger partial charge in [0.1, 0.15) is 0 Å². The van der Waals surface area contributed by atoms with E-state index in [2.05, 4.69) is 17.2 Å². The van der Waals surface area contributed by atoms with Crippen LogP contribution < -0.4 is 5.32 Å². The van der Waals surface area contributed by atoms with Crippen LogP contribution in [-0.4, -0.2) is 22.3 Å². The number of benzene rings is 1. The molecule has 0 atom stereocenters. The van der Waals surface area contributed by atoms with Crippen molar-refractivity contribution in [2.75, 3.05) is 11.9 Å². The molecule has 4 nitrogen and oxygen atoms in total. The van der Waals surface area contributed by atoms with Crippen molar-refractivity contribution in [3.05, 3.63) is 52.8 Å². The third-order valence-corrected chi connectivity index (χ3v) is 3.97. The van der Waals surface area contributed by atoms with Gasteiger partial charge < -0.3 is 10.2 Å². The molecule has 1 aromatic carbocycles. The van der Waals surface area contributed by atoms with Crippen LogP contribution in [0.15, 0.2) is 36.7 Å². The summed E-state index contributed by atoms with van der Waals surface area (Å²) in [6, 6.07) is 7.66. The lowest BCUT2D eigenvalue weighted by Gasteiger charge is -2.14. The number of nitrogens with zero attached hydrogens (tertiary/aromatic N) is 2. The molecule has 114 valence electrons. The number of carbonyl (C=O) groups excluding carboxylic acids is 1. The van der Waals surface area contributed by atoms with Crippen LogP contribution in [0, 0.1) is 0 Å². The van der Waals surface area contributed by atoms with Gasteiger partial charge in [0.05, 0.1) is 16.9 Å². The molecule has 1 aliphatic heterocycles. The van der Waals surface area contributed by atoms with Gasteiger partial charge in [0.15, 0.2) is 0 Å². The fourth-order valence-corrected chi connectivity index (χ4v) is 2.81. The Balaban J connectivity index is 1.77. The van der Waals surface area contributed by atoms with Crippen LogP contribution in [0.1, 0.15) is 35.7 Å². The summed E-state index contributed by atoms with van der Waals surface area (Å²) in [5.41, 5.74) is 3.65. The van der Waals surface area contributed by atoms with Gasteiger partial charge in [-0.15, -0.1) is 0 Å². The highest BCUT2D eigenvalue weighted by atomic mass is 35.5. The smallest absolute Gasteiger partial charge is 0.254 e. The molecule has 0 bridgehead atoms. The summed E-state index contributed by atoms with van der Waals surface area (Å²) >= 11 is 5.94. The predicted molar refractivity (Wildman–Crippen MR) is 88.6 cm³/mol. The molecule has 1 amide bonds. The van der Waals surface area contributed by atoms with Gasteiger partial charge >= 0.3 is 0 Å². The van der Waals surface area contributed by atoms with E-state index in [0.29, 0.717) is 11.6 Å². The third-order valence-electron chi connectivity index (χ3n) is 3.76. The molecule has 0 unspecified atom stereocenters. The Bertz CT molecular complexity index is 702. The number of fused-ring (bicyclic) bond motifs is 1. The molecule has 0 fully saturated rings. The van der Waals surface area contributed by atoms with Gasteiger partial charge in [0.2, 0.25) is 0 Å². The van der Waals surface area contributed by atoms with Crippen molar-refractivity contribution in [1.29, 1.82) is 0 Å². The third kappa shape index (κ3) is 3.07. The number of rotatable bonds is 5. The summed E-state index contributed by atoms with van der Waals surface area (Å²) in [5, 5.41) is 3.86. The van der Waals surface area contributed by atoms with Gasteiger partial charge in [-0.25, -0.2) is 0 Å². The lowest BCUT2D eigenvalue weighted by Crippen LogP contribution is -2.24. The first-order valence-corrected chi connectivity index (χ1v) is 7.85. The van der Waals surface area contributed by atoms with Crippen LogP contribution in [0.25, 0.3) is 0 Å². The number of aromatic nitrogens is 1. The highest BCUT2D eigenvalue weighted by molar-refractivity contribution is 6.30. The summed E-state index contributed by atoms with van der Waals surface area (Å²) in [6.45, 7) is 3.65. The summed E-state index contributed by atoms with van der Waals surface area (Å²) in [6.07, 6.45) is 5.45. The van der Waals surface area contributed by atoms with Crippen LogP contribution >= 0.6 is 11.6 Å². The van der Waals surface area contributed by atoms with Gasteiger partial charge in [0, 0.05) is 30.5 Å². The number of amides is 1. The van der Waals surface area contributed by atoms with Gasteiger partial charge in [-0.2, -0.15) is 0 Å². The first-order valence-electron chi connectivity index (χ1n) is 7.47. The summed E-state index contributed by atoms with van der Waals surface area (Å²) in [5.74, 6) is 0.138. The number of hydrogen-bond acceptors (Lipinski definition) is 3. The van der Waals surface area contributed by atoms with Crippen molar-refractivity contribution in [1.82, 2.24) is 9.88 Å². The van der Waals surface area contributed by atoms with E-state index in [-0.39, 0.29) is 5.91 Å². The molecule has 1 aromatic heterocycles. The summed E-state index contributed by atoms with van der Waals surface area (Å²) < 4.78 is 0. The molecule has 0 saturated carbocycles. The molecule has 1 aliphatic rings. The Labute approximate surface area is 135 Å². The Hall–Kier alpha value is -2.07. The summed E-state index contributed by atoms with van der Waals surface area (Å²) in [4.78, 5) is 18.3. The SMILES string of the molecule is CCCCN1Cc2cc(Nc3cncc(Cl)c3)ccc2C1=O. The van der Waals surface area contributed by atoms with E-state index in [0.717, 1.165) is 41.9 Å². The van der Waals surface area contributed by atoms with Crippen LogP contribution in [0.2, 0.25) is 5.02 Å². The molecule has 0 aliphatic carbocycles. The highest BCUT2D eigenvalue weighted by Crippen LogP contribution is 2.27. The van der Waals surface area contributed by atoms with Crippen molar-refractivity contribution in [2.24, 2.45) is 0 Å². The predicted octanol–water partition coefficient (Wildman–Crippen LogP) is 4.23. The van der Waals surface area contributed by atoms with Crippen molar-refractivity contribution in [2.45, 2.75) is 26.3 Å². The molecule has 0 saturated heterocycles. The number of carbonyl (C=O) groups is 1. The Morgan fingerprint density at radius 1 is 1.27 bits per heavy atom. The van der Waals surface area contributed by atoms with Gasteiger partial charge in [-0.3, -0.25) is 9.78 Å². The molecule has 0 spiro atoms. The number of halogens is 1. The molecular weight excluding hydrogens is 298 g/mol. The van der Waals surface area contributed by atoms with E-state index >= 15 is 0 Å². The average molecular weight is 316 g/mol. The van der Waals surface area contributed by atoms with Crippen LogP contribution in [0.3, 0.4) is 0 Å². The topological polar surface area (TPSA) is 45.2 Å². The van der Waals surface area contributed by atoms with E-state index in [1.807, 2.05) is 29.2 Å².